The fourth-order valence-electron chi connectivity index (χ4n) is 2.93. The maximum atomic E-state index is 13.3. The molecule has 4 rings (SSSR count). The van der Waals surface area contributed by atoms with Crippen LogP contribution in [-0.4, -0.2) is 31.9 Å². The Morgan fingerprint density at radius 1 is 1.45 bits per heavy atom. The van der Waals surface area contributed by atoms with Crippen molar-refractivity contribution in [2.45, 2.75) is 19.8 Å². The second-order valence-corrected chi connectivity index (χ2v) is 5.37. The summed E-state index contributed by atoms with van der Waals surface area (Å²) in [5, 5.41) is 0.521. The highest BCUT2D eigenvalue weighted by atomic mass is 16.2. The van der Waals surface area contributed by atoms with E-state index in [1.165, 1.54) is 10.9 Å². The number of aromatic nitrogens is 3. The van der Waals surface area contributed by atoms with E-state index in [0.29, 0.717) is 22.3 Å². The molecule has 3 heterocycles. The smallest absolute Gasteiger partial charge is 0.256 e. The van der Waals surface area contributed by atoms with Gasteiger partial charge in [-0.1, -0.05) is 18.2 Å². The normalized spacial score (nSPS) is 19.2. The van der Waals surface area contributed by atoms with E-state index in [0.717, 1.165) is 4.90 Å². The van der Waals surface area contributed by atoms with Gasteiger partial charge in [-0.2, -0.15) is 0 Å². The largest absolute Gasteiger partial charge is 0.348 e. The van der Waals surface area contributed by atoms with Crippen LogP contribution >= 0.6 is 0 Å². The maximum absolute atomic E-state index is 13.3. The first kappa shape index (κ1) is 8.78. The summed E-state index contributed by atoms with van der Waals surface area (Å²) in [5.74, 6) is -0.525. The topological polar surface area (TPSA) is 53.9 Å². The third-order valence-electron chi connectivity index (χ3n) is 4.07. The van der Waals surface area contributed by atoms with Crippen molar-refractivity contribution in [3.63, 3.8) is 0 Å². The van der Waals surface area contributed by atoms with Gasteiger partial charge in [0, 0.05) is 46.3 Å². The highest BCUT2D eigenvalue weighted by Crippen LogP contribution is 2.30. The summed E-state index contributed by atoms with van der Waals surface area (Å²) >= 11 is 0. The van der Waals surface area contributed by atoms with Gasteiger partial charge in [0.05, 0.1) is 26.8 Å². The molecule has 5 heteroatoms. The van der Waals surface area contributed by atoms with Gasteiger partial charge >= 0.3 is 0 Å². The van der Waals surface area contributed by atoms with E-state index >= 15 is 0 Å². The average Bonchev–Trinajstić information content (AvgIpc) is 3.16. The molecule has 1 aromatic carbocycles. The zero-order valence-corrected chi connectivity index (χ0v) is 12.1. The Labute approximate surface area is 135 Å². The first-order valence-corrected chi connectivity index (χ1v) is 7.09. The van der Waals surface area contributed by atoms with Gasteiger partial charge in [0.2, 0.25) is 0 Å². The summed E-state index contributed by atoms with van der Waals surface area (Å²) in [6.07, 6.45) is 1.64. The molecule has 2 aromatic heterocycles. The van der Waals surface area contributed by atoms with E-state index < -0.39 is 19.4 Å². The molecule has 0 aliphatic carbocycles. The Bertz CT molecular complexity index is 1050. The summed E-state index contributed by atoms with van der Waals surface area (Å²) in [6.45, 7) is -2.77. The van der Waals surface area contributed by atoms with Crippen molar-refractivity contribution in [2.24, 2.45) is 6.98 Å². The molecule has 0 bridgehead atoms. The molecule has 1 aliphatic heterocycles. The molecule has 1 amide bonds. The van der Waals surface area contributed by atoms with Gasteiger partial charge in [-0.05, 0) is 13.0 Å². The SMILES string of the molecule is [2H]C([2H])(c1nc[nH]c1C)N1CCc2c(c3ccccc3n2C([2H])([2H])[2H])C1=O. The molecule has 0 spiro atoms. The Morgan fingerprint density at radius 2 is 2.32 bits per heavy atom. The van der Waals surface area contributed by atoms with Crippen molar-refractivity contribution in [1.82, 2.24) is 19.4 Å². The van der Waals surface area contributed by atoms with E-state index in [-0.39, 0.29) is 24.2 Å². The van der Waals surface area contributed by atoms with Crippen LogP contribution in [0.15, 0.2) is 30.6 Å². The zero-order valence-electron chi connectivity index (χ0n) is 17.1. The van der Waals surface area contributed by atoms with E-state index in [1.807, 2.05) is 0 Å². The van der Waals surface area contributed by atoms with Gasteiger partial charge in [-0.25, -0.2) is 4.98 Å². The lowest BCUT2D eigenvalue weighted by Gasteiger charge is -2.27. The van der Waals surface area contributed by atoms with E-state index in [1.54, 1.807) is 31.2 Å². The monoisotopic (exact) mass is 299 g/mol. The third-order valence-corrected chi connectivity index (χ3v) is 4.07. The van der Waals surface area contributed by atoms with Crippen molar-refractivity contribution in [3.8, 4) is 0 Å². The molecule has 5 nitrogen and oxygen atoms in total. The van der Waals surface area contributed by atoms with Crippen LogP contribution in [0.5, 0.6) is 0 Å². The van der Waals surface area contributed by atoms with Gasteiger partial charge < -0.3 is 14.5 Å². The summed E-state index contributed by atoms with van der Waals surface area (Å²) in [5.41, 5.74) is 1.83. The molecule has 0 radical (unpaired) electrons. The van der Waals surface area contributed by atoms with Crippen LogP contribution in [0.1, 0.15) is 34.3 Å². The number of hydrogen-bond acceptors (Lipinski definition) is 2. The molecule has 0 fully saturated rings. The number of hydrogen-bond donors (Lipinski definition) is 1. The second kappa shape index (κ2) is 4.73. The van der Waals surface area contributed by atoms with Crippen molar-refractivity contribution < 1.29 is 11.6 Å². The zero-order chi connectivity index (χ0) is 19.6. The molecular formula is C17H18N4O. The lowest BCUT2D eigenvalue weighted by molar-refractivity contribution is 0.0725. The molecule has 3 aromatic rings. The lowest BCUT2D eigenvalue weighted by Crippen LogP contribution is -2.37. The first-order valence-electron chi connectivity index (χ1n) is 9.59. The fourth-order valence-corrected chi connectivity index (χ4v) is 2.93. The summed E-state index contributed by atoms with van der Waals surface area (Å²) < 4.78 is 41.9. The van der Waals surface area contributed by atoms with Crippen LogP contribution in [0, 0.1) is 6.92 Å². The molecule has 112 valence electrons. The quantitative estimate of drug-likeness (QED) is 0.790. The Kier molecular flexibility index (Phi) is 1.89. The predicted octanol–water partition coefficient (Wildman–Crippen LogP) is 2.41. The maximum Gasteiger partial charge on any atom is 0.256 e. The molecule has 0 saturated heterocycles. The minimum absolute atomic E-state index is 0.0670. The van der Waals surface area contributed by atoms with Gasteiger partial charge in [0.15, 0.2) is 0 Å². The molecule has 0 saturated carbocycles. The number of fused-ring (bicyclic) bond motifs is 3. The van der Waals surface area contributed by atoms with Gasteiger partial charge in [-0.15, -0.1) is 0 Å². The number of para-hydroxylation sites is 1. The number of carbonyl (C=O) groups is 1. The average molecular weight is 299 g/mol. The van der Waals surface area contributed by atoms with Gasteiger partial charge in [-0.3, -0.25) is 4.79 Å². The minimum Gasteiger partial charge on any atom is -0.348 e. The minimum atomic E-state index is -2.42. The second-order valence-electron chi connectivity index (χ2n) is 5.37. The Hall–Kier alpha value is -2.56. The summed E-state index contributed by atoms with van der Waals surface area (Å²) in [7, 11) is 0. The molecule has 1 N–H and O–H groups in total. The molecule has 1 aliphatic rings. The number of H-pyrrole nitrogens is 1. The van der Waals surface area contributed by atoms with Crippen molar-refractivity contribution in [3.05, 3.63) is 53.2 Å². The number of nitrogens with zero attached hydrogens (tertiary/aromatic N) is 3. The first-order chi connectivity index (χ1) is 12.6. The van der Waals surface area contributed by atoms with Gasteiger partial charge in [0.25, 0.3) is 5.91 Å². The highest BCUT2D eigenvalue weighted by molar-refractivity contribution is 6.09. The van der Waals surface area contributed by atoms with E-state index in [4.69, 9.17) is 6.85 Å². The number of carbonyl (C=O) groups excluding carboxylic acids is 1. The van der Waals surface area contributed by atoms with Crippen LogP contribution in [0.4, 0.5) is 0 Å². The van der Waals surface area contributed by atoms with Gasteiger partial charge in [0.1, 0.15) is 0 Å². The molecular weight excluding hydrogens is 276 g/mol. The number of aromatic amines is 1. The van der Waals surface area contributed by atoms with E-state index in [2.05, 4.69) is 9.97 Å². The lowest BCUT2D eigenvalue weighted by atomic mass is 10.0. The molecule has 0 unspecified atom stereocenters. The van der Waals surface area contributed by atoms with Crippen LogP contribution < -0.4 is 0 Å². The number of amides is 1. The van der Waals surface area contributed by atoms with Crippen LogP contribution in [0.3, 0.4) is 0 Å². The number of rotatable bonds is 2. The van der Waals surface area contributed by atoms with Crippen molar-refractivity contribution in [1.29, 1.82) is 0 Å². The van der Waals surface area contributed by atoms with Crippen LogP contribution in [-0.2, 0) is 19.9 Å². The molecule has 22 heavy (non-hydrogen) atoms. The fraction of sp³-hybridized carbons (Fsp3) is 0.294. The van der Waals surface area contributed by atoms with Crippen molar-refractivity contribution >= 4 is 16.8 Å². The van der Waals surface area contributed by atoms with E-state index in [9.17, 15) is 4.79 Å². The summed E-state index contributed by atoms with van der Waals surface area (Å²) in [6, 6.07) is 6.84. The Balaban J connectivity index is 1.90. The standard InChI is InChI=1S/C17H18N4O/c1-11-13(19-10-18-11)9-21-8-7-15-16(17(21)22)12-5-3-4-6-14(12)20(15)2/h3-6,10H,7-9H2,1-2H3,(H,18,19)/i2D3,9D2. The predicted molar refractivity (Wildman–Crippen MR) is 84.7 cm³/mol. The third kappa shape index (κ3) is 1.78. The molecule has 0 atom stereocenters. The summed E-state index contributed by atoms with van der Waals surface area (Å²) in [4.78, 5) is 21.3. The number of aryl methyl sites for hydroxylation is 2. The van der Waals surface area contributed by atoms with Crippen LogP contribution in [0.25, 0.3) is 10.9 Å². The van der Waals surface area contributed by atoms with Crippen molar-refractivity contribution in [2.75, 3.05) is 6.54 Å². The number of benzene rings is 1. The number of nitrogens with one attached hydrogen (secondary N) is 1. The Morgan fingerprint density at radius 3 is 3.09 bits per heavy atom. The van der Waals surface area contributed by atoms with Crippen LogP contribution in [0.2, 0.25) is 0 Å². The number of imidazole rings is 1. The highest BCUT2D eigenvalue weighted by Gasteiger charge is 2.30.